The summed E-state index contributed by atoms with van der Waals surface area (Å²) in [4.78, 5) is 13.8. The van der Waals surface area contributed by atoms with Crippen LogP contribution < -0.4 is 0 Å². The maximum absolute atomic E-state index is 10.7. The van der Waals surface area contributed by atoms with Gasteiger partial charge in [-0.2, -0.15) is 0 Å². The van der Waals surface area contributed by atoms with Crippen molar-refractivity contribution in [2.45, 2.75) is 0 Å². The van der Waals surface area contributed by atoms with E-state index in [-0.39, 0.29) is 24.6 Å². The van der Waals surface area contributed by atoms with Gasteiger partial charge in [0.2, 0.25) is 0 Å². The summed E-state index contributed by atoms with van der Waals surface area (Å²) in [6, 6.07) is 0.0185. The van der Waals surface area contributed by atoms with Crippen molar-refractivity contribution in [3.8, 4) is 0 Å². The number of amides is 2. The van der Waals surface area contributed by atoms with E-state index in [0.717, 1.165) is 0 Å². The van der Waals surface area contributed by atoms with Crippen molar-refractivity contribution in [1.29, 1.82) is 0 Å². The molecular formula is C5H12N2OV. The Labute approximate surface area is 67.9 Å². The predicted molar refractivity (Wildman–Crippen MR) is 32.8 cm³/mol. The topological polar surface area (TPSA) is 23.6 Å². The van der Waals surface area contributed by atoms with E-state index in [0.29, 0.717) is 0 Å². The standard InChI is InChI=1S/C5H12N2O.V/c1-6(2)5(8)7(3)4;/h1-4H3;. The van der Waals surface area contributed by atoms with Crippen LogP contribution in [0.15, 0.2) is 0 Å². The molecule has 0 unspecified atom stereocenters. The number of carbonyl (C=O) groups excluding carboxylic acids is 1. The monoisotopic (exact) mass is 167 g/mol. The molecule has 9 heavy (non-hydrogen) atoms. The first kappa shape index (κ1) is 11.6. The Hall–Kier alpha value is -0.146. The fourth-order valence-electron chi connectivity index (χ4n) is 0.400. The van der Waals surface area contributed by atoms with E-state index in [1.807, 2.05) is 0 Å². The molecule has 0 bridgehead atoms. The molecule has 0 aromatic heterocycles. The van der Waals surface area contributed by atoms with Gasteiger partial charge in [0.15, 0.2) is 0 Å². The summed E-state index contributed by atoms with van der Waals surface area (Å²) < 4.78 is 0. The van der Waals surface area contributed by atoms with Gasteiger partial charge in [0, 0.05) is 46.7 Å². The number of hydrogen-bond donors (Lipinski definition) is 0. The van der Waals surface area contributed by atoms with Crippen LogP contribution in [0.5, 0.6) is 0 Å². The molecule has 0 aliphatic carbocycles. The second kappa shape index (κ2) is 4.71. The van der Waals surface area contributed by atoms with E-state index >= 15 is 0 Å². The van der Waals surface area contributed by atoms with Gasteiger partial charge in [-0.15, -0.1) is 0 Å². The first-order valence-electron chi connectivity index (χ1n) is 2.44. The third-order valence-corrected chi connectivity index (χ3v) is 0.765. The van der Waals surface area contributed by atoms with Gasteiger partial charge in [-0.3, -0.25) is 0 Å². The van der Waals surface area contributed by atoms with Crippen LogP contribution in [0.4, 0.5) is 4.79 Å². The van der Waals surface area contributed by atoms with Crippen molar-refractivity contribution in [3.63, 3.8) is 0 Å². The van der Waals surface area contributed by atoms with E-state index in [9.17, 15) is 4.79 Å². The molecule has 3 nitrogen and oxygen atoms in total. The van der Waals surface area contributed by atoms with E-state index in [2.05, 4.69) is 0 Å². The Morgan fingerprint density at radius 3 is 1.22 bits per heavy atom. The molecule has 1 radical (unpaired) electrons. The van der Waals surface area contributed by atoms with Crippen molar-refractivity contribution in [1.82, 2.24) is 9.80 Å². The van der Waals surface area contributed by atoms with Gasteiger partial charge < -0.3 is 9.80 Å². The fraction of sp³-hybridized carbons (Fsp3) is 0.800. The number of hydrogen-bond acceptors (Lipinski definition) is 1. The zero-order valence-corrected chi connectivity index (χ0v) is 7.65. The number of nitrogens with zero attached hydrogens (tertiary/aromatic N) is 2. The Bertz CT molecular complexity index is 83.0. The summed E-state index contributed by atoms with van der Waals surface area (Å²) in [7, 11) is 6.90. The number of rotatable bonds is 0. The molecule has 2 amide bonds. The first-order chi connectivity index (χ1) is 3.55. The molecular weight excluding hydrogens is 155 g/mol. The van der Waals surface area contributed by atoms with Crippen molar-refractivity contribution in [3.05, 3.63) is 0 Å². The van der Waals surface area contributed by atoms with Crippen molar-refractivity contribution in [2.75, 3.05) is 28.2 Å². The van der Waals surface area contributed by atoms with Gasteiger partial charge in [0.05, 0.1) is 0 Å². The summed E-state index contributed by atoms with van der Waals surface area (Å²) in [6.07, 6.45) is 0. The van der Waals surface area contributed by atoms with Crippen LogP contribution in [0.25, 0.3) is 0 Å². The molecule has 0 aliphatic heterocycles. The summed E-state index contributed by atoms with van der Waals surface area (Å²) in [5.41, 5.74) is 0. The molecule has 0 spiro atoms. The Kier molecular flexibility index (Phi) is 6.08. The molecule has 0 N–H and O–H groups in total. The number of carbonyl (C=O) groups is 1. The molecule has 4 heteroatoms. The van der Waals surface area contributed by atoms with Crippen molar-refractivity contribution < 1.29 is 23.4 Å². The van der Waals surface area contributed by atoms with Gasteiger partial charge in [0.25, 0.3) is 0 Å². The van der Waals surface area contributed by atoms with E-state index < -0.39 is 0 Å². The van der Waals surface area contributed by atoms with Gasteiger partial charge >= 0.3 is 6.03 Å². The largest absolute Gasteiger partial charge is 0.331 e. The van der Waals surface area contributed by atoms with Crippen molar-refractivity contribution in [2.24, 2.45) is 0 Å². The van der Waals surface area contributed by atoms with Gasteiger partial charge in [0.1, 0.15) is 0 Å². The summed E-state index contributed by atoms with van der Waals surface area (Å²) in [5, 5.41) is 0. The minimum absolute atomic E-state index is 0. The van der Waals surface area contributed by atoms with Crippen LogP contribution in [-0.4, -0.2) is 44.0 Å². The maximum atomic E-state index is 10.7. The average Bonchev–Trinajstić information content (AvgIpc) is 1.64. The Balaban J connectivity index is 0. The molecule has 53 valence electrons. The van der Waals surface area contributed by atoms with Crippen LogP contribution in [0, 0.1) is 0 Å². The van der Waals surface area contributed by atoms with Gasteiger partial charge in [-0.1, -0.05) is 0 Å². The molecule has 0 aliphatic rings. The minimum Gasteiger partial charge on any atom is -0.331 e. The van der Waals surface area contributed by atoms with Crippen LogP contribution in [0.1, 0.15) is 0 Å². The molecule has 0 aromatic carbocycles. The fourth-order valence-corrected chi connectivity index (χ4v) is 0.400. The molecule has 0 heterocycles. The third-order valence-electron chi connectivity index (χ3n) is 0.765. The summed E-state index contributed by atoms with van der Waals surface area (Å²) in [5.74, 6) is 0. The van der Waals surface area contributed by atoms with E-state index in [1.165, 1.54) is 9.80 Å². The predicted octanol–water partition coefficient (Wildman–Crippen LogP) is 0.227. The summed E-state index contributed by atoms with van der Waals surface area (Å²) >= 11 is 0. The van der Waals surface area contributed by atoms with Crippen molar-refractivity contribution >= 4 is 6.03 Å². The second-order valence-corrected chi connectivity index (χ2v) is 2.07. The Morgan fingerprint density at radius 1 is 1.00 bits per heavy atom. The zero-order valence-electron chi connectivity index (χ0n) is 6.25. The quantitative estimate of drug-likeness (QED) is 0.506. The third kappa shape index (κ3) is 4.36. The smallest absolute Gasteiger partial charge is 0.318 e. The second-order valence-electron chi connectivity index (χ2n) is 2.07. The van der Waals surface area contributed by atoms with Gasteiger partial charge in [-0.05, 0) is 0 Å². The maximum Gasteiger partial charge on any atom is 0.318 e. The zero-order chi connectivity index (χ0) is 6.73. The SMILES string of the molecule is CN(C)C(=O)N(C)C.[V]. The molecule has 0 aromatic rings. The van der Waals surface area contributed by atoms with Crippen LogP contribution >= 0.6 is 0 Å². The van der Waals surface area contributed by atoms with Crippen LogP contribution in [-0.2, 0) is 18.6 Å². The van der Waals surface area contributed by atoms with Crippen LogP contribution in [0.2, 0.25) is 0 Å². The first-order valence-corrected chi connectivity index (χ1v) is 2.44. The normalized spacial score (nSPS) is 7.56. The molecule has 0 atom stereocenters. The molecule has 0 saturated heterocycles. The summed E-state index contributed by atoms with van der Waals surface area (Å²) in [6.45, 7) is 0. The van der Waals surface area contributed by atoms with E-state index in [1.54, 1.807) is 28.2 Å². The average molecular weight is 167 g/mol. The minimum atomic E-state index is 0. The number of urea groups is 1. The Morgan fingerprint density at radius 2 is 1.22 bits per heavy atom. The molecule has 0 fully saturated rings. The molecule has 0 rings (SSSR count). The van der Waals surface area contributed by atoms with Crippen LogP contribution in [0.3, 0.4) is 0 Å². The molecule has 0 saturated carbocycles. The van der Waals surface area contributed by atoms with E-state index in [4.69, 9.17) is 0 Å². The van der Waals surface area contributed by atoms with Gasteiger partial charge in [-0.25, -0.2) is 4.79 Å².